The minimum absolute atomic E-state index is 0.224. The third-order valence-electron chi connectivity index (χ3n) is 8.62. The molecule has 0 radical (unpaired) electrons. The lowest BCUT2D eigenvalue weighted by Crippen LogP contribution is -2.68. The first-order valence-corrected chi connectivity index (χ1v) is 9.39. The molecule has 4 aliphatic rings. The molecule has 4 rings (SSSR count). The van der Waals surface area contributed by atoms with Crippen molar-refractivity contribution in [2.24, 2.45) is 28.6 Å². The molecule has 4 fully saturated rings. The molecule has 2 unspecified atom stereocenters. The van der Waals surface area contributed by atoms with Crippen molar-refractivity contribution >= 4 is 0 Å². The molecule has 8 atom stereocenters. The van der Waals surface area contributed by atoms with E-state index >= 15 is 0 Å². The van der Waals surface area contributed by atoms with Gasteiger partial charge in [0.1, 0.15) is 0 Å². The van der Waals surface area contributed by atoms with Crippen LogP contribution in [0.4, 0.5) is 0 Å². The second-order valence-corrected chi connectivity index (χ2v) is 9.45. The van der Waals surface area contributed by atoms with Crippen molar-refractivity contribution in [3.63, 3.8) is 0 Å². The first kappa shape index (κ1) is 15.4. The number of aliphatic hydroxyl groups is 3. The Morgan fingerprint density at radius 2 is 1.68 bits per heavy atom. The summed E-state index contributed by atoms with van der Waals surface area (Å²) in [6.45, 7) is 4.66. The van der Waals surface area contributed by atoms with E-state index in [0.717, 1.165) is 25.2 Å². The van der Waals surface area contributed by atoms with Gasteiger partial charge in [0.05, 0.1) is 17.8 Å². The molecule has 4 aliphatic carbocycles. The summed E-state index contributed by atoms with van der Waals surface area (Å²) in [4.78, 5) is 0. The van der Waals surface area contributed by atoms with Crippen molar-refractivity contribution in [3.05, 3.63) is 0 Å². The van der Waals surface area contributed by atoms with E-state index < -0.39 is 17.8 Å². The fourth-order valence-corrected chi connectivity index (χ4v) is 7.25. The fraction of sp³-hybridized carbons (Fsp3) is 1.00. The highest BCUT2D eigenvalue weighted by Gasteiger charge is 2.66. The van der Waals surface area contributed by atoms with Crippen LogP contribution in [0.15, 0.2) is 0 Å². The van der Waals surface area contributed by atoms with Gasteiger partial charge in [-0.1, -0.05) is 20.3 Å². The number of hydrogen-bond donors (Lipinski definition) is 3. The third-order valence-corrected chi connectivity index (χ3v) is 8.62. The molecule has 0 aromatic heterocycles. The van der Waals surface area contributed by atoms with Crippen LogP contribution in [0, 0.1) is 28.6 Å². The number of rotatable bonds is 0. The summed E-state index contributed by atoms with van der Waals surface area (Å²) in [6.07, 6.45) is 8.06. The molecule has 4 saturated carbocycles. The van der Waals surface area contributed by atoms with Gasteiger partial charge >= 0.3 is 0 Å². The molecule has 22 heavy (non-hydrogen) atoms. The Morgan fingerprint density at radius 3 is 2.45 bits per heavy atom. The average Bonchev–Trinajstić information content (AvgIpc) is 2.84. The van der Waals surface area contributed by atoms with Gasteiger partial charge < -0.3 is 15.3 Å². The van der Waals surface area contributed by atoms with Gasteiger partial charge in [-0.2, -0.15) is 0 Å². The lowest BCUT2D eigenvalue weighted by molar-refractivity contribution is -0.263. The van der Waals surface area contributed by atoms with Crippen LogP contribution in [0.2, 0.25) is 0 Å². The summed E-state index contributed by atoms with van der Waals surface area (Å²) < 4.78 is 0. The highest BCUT2D eigenvalue weighted by molar-refractivity contribution is 5.16. The van der Waals surface area contributed by atoms with Crippen LogP contribution in [-0.4, -0.2) is 33.1 Å². The summed E-state index contributed by atoms with van der Waals surface area (Å²) >= 11 is 0. The Morgan fingerprint density at radius 1 is 0.909 bits per heavy atom. The molecule has 0 aliphatic heterocycles. The molecule has 0 saturated heterocycles. The highest BCUT2D eigenvalue weighted by atomic mass is 16.3. The molecule has 3 nitrogen and oxygen atoms in total. The molecule has 0 spiro atoms. The standard InChI is InChI=1S/C19H32O3/c1-17-7-3-4-14(17)13-10-16(21)19(22)11-12(20)5-9-18(19,2)15(13)6-8-17/h12-16,20-22H,3-11H2,1-2H3/t12-,13?,14-,15?,16+,17-,18+,19-/m0/s1. The van der Waals surface area contributed by atoms with E-state index in [4.69, 9.17) is 0 Å². The van der Waals surface area contributed by atoms with Gasteiger partial charge in [-0.25, -0.2) is 0 Å². The molecule has 0 aromatic carbocycles. The number of aliphatic hydroxyl groups excluding tert-OH is 2. The predicted octanol–water partition coefficient (Wildman–Crippen LogP) is 2.87. The zero-order valence-corrected chi connectivity index (χ0v) is 14.1. The summed E-state index contributed by atoms with van der Waals surface area (Å²) in [6, 6.07) is 0. The zero-order valence-electron chi connectivity index (χ0n) is 14.1. The average molecular weight is 308 g/mol. The highest BCUT2D eigenvalue weighted by Crippen LogP contribution is 2.67. The maximum atomic E-state index is 11.3. The molecule has 0 aromatic rings. The Kier molecular flexibility index (Phi) is 3.30. The molecule has 3 N–H and O–H groups in total. The SMILES string of the molecule is C[C@@]12CCC[C@H]1C1C[C@@H](O)[C@@]3(O)C[C@@H](O)CC[C@]3(C)C1CC2. The van der Waals surface area contributed by atoms with Crippen molar-refractivity contribution in [2.75, 3.05) is 0 Å². The monoisotopic (exact) mass is 308 g/mol. The van der Waals surface area contributed by atoms with Crippen LogP contribution in [0.1, 0.15) is 71.6 Å². The quantitative estimate of drug-likeness (QED) is 0.645. The van der Waals surface area contributed by atoms with Gasteiger partial charge in [-0.3, -0.25) is 0 Å². The van der Waals surface area contributed by atoms with Crippen LogP contribution < -0.4 is 0 Å². The summed E-state index contributed by atoms with van der Waals surface area (Å²) in [5, 5.41) is 32.2. The minimum atomic E-state index is -1.09. The first-order chi connectivity index (χ1) is 10.3. The van der Waals surface area contributed by atoms with Crippen LogP contribution in [0.3, 0.4) is 0 Å². The zero-order chi connectivity index (χ0) is 15.8. The third kappa shape index (κ3) is 1.79. The minimum Gasteiger partial charge on any atom is -0.393 e. The van der Waals surface area contributed by atoms with Gasteiger partial charge in [0.25, 0.3) is 0 Å². The summed E-state index contributed by atoms with van der Waals surface area (Å²) in [5.74, 6) is 1.82. The maximum absolute atomic E-state index is 11.3. The van der Waals surface area contributed by atoms with Crippen molar-refractivity contribution in [2.45, 2.75) is 89.4 Å². The molecular weight excluding hydrogens is 276 g/mol. The molecular formula is C19H32O3. The van der Waals surface area contributed by atoms with Gasteiger partial charge in [0, 0.05) is 11.8 Å². The van der Waals surface area contributed by atoms with Gasteiger partial charge in [-0.05, 0) is 68.1 Å². The Labute approximate surface area is 134 Å². The van der Waals surface area contributed by atoms with Crippen molar-refractivity contribution in [1.82, 2.24) is 0 Å². The second kappa shape index (κ2) is 4.70. The lowest BCUT2D eigenvalue weighted by Gasteiger charge is -2.65. The predicted molar refractivity (Wildman–Crippen MR) is 85.2 cm³/mol. The van der Waals surface area contributed by atoms with E-state index in [9.17, 15) is 15.3 Å². The smallest absolute Gasteiger partial charge is 0.0985 e. The van der Waals surface area contributed by atoms with Crippen LogP contribution in [0.5, 0.6) is 0 Å². The second-order valence-electron chi connectivity index (χ2n) is 9.45. The van der Waals surface area contributed by atoms with Gasteiger partial charge in [0.15, 0.2) is 0 Å². The molecule has 0 bridgehead atoms. The Hall–Kier alpha value is -0.120. The van der Waals surface area contributed by atoms with Crippen LogP contribution >= 0.6 is 0 Å². The van der Waals surface area contributed by atoms with E-state index in [-0.39, 0.29) is 5.41 Å². The molecule has 0 heterocycles. The van der Waals surface area contributed by atoms with E-state index in [1.54, 1.807) is 0 Å². The normalized spacial score (nSPS) is 61.2. The van der Waals surface area contributed by atoms with Crippen LogP contribution in [0.25, 0.3) is 0 Å². The van der Waals surface area contributed by atoms with E-state index in [1.165, 1.54) is 32.1 Å². The van der Waals surface area contributed by atoms with Gasteiger partial charge in [0.2, 0.25) is 0 Å². The van der Waals surface area contributed by atoms with Crippen molar-refractivity contribution in [1.29, 1.82) is 0 Å². The van der Waals surface area contributed by atoms with Crippen molar-refractivity contribution in [3.8, 4) is 0 Å². The van der Waals surface area contributed by atoms with E-state index in [1.807, 2.05) is 0 Å². The number of fused-ring (bicyclic) bond motifs is 5. The summed E-state index contributed by atoms with van der Waals surface area (Å²) in [5.41, 5.74) is -0.836. The lowest BCUT2D eigenvalue weighted by atomic mass is 9.43. The first-order valence-electron chi connectivity index (χ1n) is 9.39. The largest absolute Gasteiger partial charge is 0.393 e. The topological polar surface area (TPSA) is 60.7 Å². The molecule has 3 heteroatoms. The van der Waals surface area contributed by atoms with Crippen LogP contribution in [-0.2, 0) is 0 Å². The van der Waals surface area contributed by atoms with E-state index in [2.05, 4.69) is 13.8 Å². The van der Waals surface area contributed by atoms with Gasteiger partial charge in [-0.15, -0.1) is 0 Å². The Balaban J connectivity index is 1.71. The number of hydrogen-bond acceptors (Lipinski definition) is 3. The van der Waals surface area contributed by atoms with E-state index in [0.29, 0.717) is 23.7 Å². The molecule has 0 amide bonds. The maximum Gasteiger partial charge on any atom is 0.0985 e. The summed E-state index contributed by atoms with van der Waals surface area (Å²) in [7, 11) is 0. The molecule has 126 valence electrons. The van der Waals surface area contributed by atoms with Crippen molar-refractivity contribution < 1.29 is 15.3 Å². The fourth-order valence-electron chi connectivity index (χ4n) is 7.25. The Bertz CT molecular complexity index is 466.